The van der Waals surface area contributed by atoms with E-state index < -0.39 is 16.2 Å². The molecule has 25 aromatic rings. The lowest BCUT2D eigenvalue weighted by Gasteiger charge is -2.34. The number of hydrogen-bond acceptors (Lipinski definition) is 2. The van der Waals surface area contributed by atoms with Gasteiger partial charge >= 0.3 is 0 Å². The van der Waals surface area contributed by atoms with E-state index >= 15 is 4.79 Å². The smallest absolute Gasteiger partial charge is 0.128 e. The van der Waals surface area contributed by atoms with E-state index in [-0.39, 0.29) is 16.2 Å². The van der Waals surface area contributed by atoms with E-state index in [1.807, 2.05) is 0 Å². The van der Waals surface area contributed by atoms with Crippen molar-refractivity contribution in [3.63, 3.8) is 0 Å². The molecule has 25 aromatic carbocycles. The number of carbonyl (C=O) groups is 1. The molecule has 396 valence electrons. The molecule has 0 aliphatic heterocycles. The summed E-state index contributed by atoms with van der Waals surface area (Å²) in [5.74, 6) is 0. The van der Waals surface area contributed by atoms with Crippen molar-refractivity contribution in [3.8, 4) is 11.1 Å². The summed E-state index contributed by atoms with van der Waals surface area (Å²) in [5.41, 5.74) is 15.5. The minimum absolute atomic E-state index is 0.327. The molecule has 0 amide bonds. The number of benzene rings is 17. The molecule has 2 heteroatoms. The molecule has 10 aliphatic carbocycles. The maximum atomic E-state index is 16.5. The fourth-order valence-electron chi connectivity index (χ4n) is 31.4. The van der Waals surface area contributed by atoms with E-state index in [0.29, 0.717) is 0 Å². The quantitative estimate of drug-likeness (QED) is 0.0387. The van der Waals surface area contributed by atoms with Gasteiger partial charge in [-0.2, -0.15) is 0 Å². The largest absolute Gasteiger partial charge is 0.303 e. The average molecular weight is 1100 g/mol. The normalized spacial score (nSPS) is 27.7. The van der Waals surface area contributed by atoms with E-state index in [0.717, 1.165) is 24.9 Å². The van der Waals surface area contributed by atoms with Gasteiger partial charge in [-0.3, -0.25) is 4.99 Å². The maximum Gasteiger partial charge on any atom is 0.128 e. The summed E-state index contributed by atoms with van der Waals surface area (Å²) in [7, 11) is 0. The molecular formula is C86H41NO. The third kappa shape index (κ3) is 2.28. The Morgan fingerprint density at radius 3 is 0.795 bits per heavy atom. The SMILES string of the molecule is CCCCCCCCC1(C=Nc2ccccc2)C23c4c5c6c7c8c9c%10c%11c%12c%13c%14c(c-5c5c%15c%16c(c%17c%18c2c2c4c7c4c8c7c%10c8c%10c%11c%11c%13c(c%14%15)c%13c%16c%14c%17c%15c%18c%16c2c4c2c7c8c4c(c%162)c%15c2c%14c%13c%11c%10c24)C513)C61C(C=O)(CCCCCCCC)C9%121. The van der Waals surface area contributed by atoms with Gasteiger partial charge in [-0.15, -0.1) is 0 Å². The second-order valence-electron chi connectivity index (χ2n) is 32.7. The molecule has 3 atom stereocenters. The van der Waals surface area contributed by atoms with Gasteiger partial charge in [0.2, 0.25) is 0 Å². The van der Waals surface area contributed by atoms with Crippen LogP contribution in [0.4, 0.5) is 5.69 Å². The number of aldehydes is 1. The summed E-state index contributed by atoms with van der Waals surface area (Å²) < 4.78 is 0. The first kappa shape index (κ1) is 38.5. The van der Waals surface area contributed by atoms with Crippen molar-refractivity contribution in [2.75, 3.05) is 0 Å². The molecule has 0 N–H and O–H groups in total. The summed E-state index contributed by atoms with van der Waals surface area (Å²) in [6.07, 6.45) is 21.7. The second kappa shape index (κ2) is 9.63. The van der Waals surface area contributed by atoms with Gasteiger partial charge in [-0.1, -0.05) is 109 Å². The van der Waals surface area contributed by atoms with Crippen LogP contribution in [0.1, 0.15) is 148 Å². The van der Waals surface area contributed by atoms with Crippen molar-refractivity contribution in [1.82, 2.24) is 0 Å². The molecular weight excluding hydrogens is 1060 g/mol. The standard InChI is InChI=1S/C86H41NO/c1-3-5-7-9-11-16-20-81(22-87-24-18-14-13-15-19-24)83-73-59-53-42-34-27-25-26-28-33(27)46(53)54-43-35(28)32-37-30(26)39-38-29(25)36-31(34)40-47-55-44(36)49(38)61-62-50(39)45(37)56-48-41(32)52(43)64-68-58(48)70-66(56)76(62)85-75(61)65(55)69-57(47)67(63(73)51(40)42)77(83)71-72(78(68)84(81,83)74(64)60(54)59)80(70)86(85,79(69)71)82(85,23-88)21-17-12-10-8-6-4-2/h13-15,18-19,22-23H,3-12,16-17,20-21H2,1-2H3. The van der Waals surface area contributed by atoms with E-state index in [1.54, 1.807) is 310 Å². The van der Waals surface area contributed by atoms with Gasteiger partial charge in [0.15, 0.2) is 0 Å². The second-order valence-corrected chi connectivity index (χ2v) is 32.7. The van der Waals surface area contributed by atoms with E-state index in [9.17, 15) is 0 Å². The Morgan fingerprint density at radius 2 is 0.500 bits per heavy atom. The van der Waals surface area contributed by atoms with Crippen LogP contribution in [0.3, 0.4) is 0 Å². The summed E-state index contributed by atoms with van der Waals surface area (Å²) in [6.45, 7) is 4.74. The first-order chi connectivity index (χ1) is 43.7. The zero-order valence-electron chi connectivity index (χ0n) is 48.3. The van der Waals surface area contributed by atoms with Gasteiger partial charge in [0.1, 0.15) is 6.29 Å². The van der Waals surface area contributed by atoms with Crippen molar-refractivity contribution in [2.24, 2.45) is 15.8 Å². The van der Waals surface area contributed by atoms with E-state index in [4.69, 9.17) is 4.99 Å². The monoisotopic (exact) mass is 1100 g/mol. The Hall–Kier alpha value is -8.72. The lowest BCUT2D eigenvalue weighted by molar-refractivity contribution is -0.113. The average Bonchev–Trinajstić information content (AvgIpc) is 1.35. The van der Waals surface area contributed by atoms with Gasteiger partial charge in [-0.05, 0) is 328 Å². The molecule has 0 heterocycles. The molecule has 3 unspecified atom stereocenters. The Bertz CT molecular complexity index is 7540. The molecule has 0 saturated heterocycles. The highest BCUT2D eigenvalue weighted by atomic mass is 16.1. The highest BCUT2D eigenvalue weighted by molar-refractivity contribution is 6.79. The molecule has 2 nitrogen and oxygen atoms in total. The predicted molar refractivity (Wildman–Crippen MR) is 368 cm³/mol. The molecule has 35 rings (SSSR count). The number of para-hydroxylation sites is 1. The van der Waals surface area contributed by atoms with Gasteiger partial charge in [0.25, 0.3) is 0 Å². The van der Waals surface area contributed by atoms with Crippen LogP contribution in [0.5, 0.6) is 0 Å². The summed E-state index contributed by atoms with van der Waals surface area (Å²) >= 11 is 0. The van der Waals surface area contributed by atoms with Crippen molar-refractivity contribution in [3.05, 3.63) is 74.8 Å². The molecule has 88 heavy (non-hydrogen) atoms. The zero-order valence-corrected chi connectivity index (χ0v) is 48.3. The third-order valence-electron chi connectivity index (χ3n) is 31.9. The number of aliphatic imine (C=N–C) groups is 1. The van der Waals surface area contributed by atoms with Crippen molar-refractivity contribution >= 4 is 266 Å². The molecule has 2 saturated carbocycles. The molecule has 2 fully saturated rings. The minimum atomic E-state index is -0.608. The first-order valence-corrected chi connectivity index (χ1v) is 34.8. The highest BCUT2D eigenvalue weighted by Gasteiger charge is 2.99. The maximum absolute atomic E-state index is 16.5. The van der Waals surface area contributed by atoms with Gasteiger partial charge in [0, 0.05) is 22.5 Å². The van der Waals surface area contributed by atoms with Crippen molar-refractivity contribution in [2.45, 2.75) is 125 Å². The fourth-order valence-corrected chi connectivity index (χ4v) is 31.4. The summed E-state index contributed by atoms with van der Waals surface area (Å²) in [4.78, 5) is 22.6. The van der Waals surface area contributed by atoms with Crippen LogP contribution < -0.4 is 0 Å². The third-order valence-corrected chi connectivity index (χ3v) is 31.9. The van der Waals surface area contributed by atoms with Crippen molar-refractivity contribution < 1.29 is 4.79 Å². The topological polar surface area (TPSA) is 29.4 Å². The molecule has 0 aromatic heterocycles. The Kier molecular flexibility index (Phi) is 4.22. The molecule has 10 aliphatic rings. The van der Waals surface area contributed by atoms with Crippen molar-refractivity contribution in [1.29, 1.82) is 0 Å². The van der Waals surface area contributed by atoms with Crippen LogP contribution in [0.15, 0.2) is 35.3 Å². The summed E-state index contributed by atoms with van der Waals surface area (Å²) in [5, 5.41) is 75.7. The van der Waals surface area contributed by atoms with Crippen LogP contribution in [0.25, 0.3) is 259 Å². The Balaban J connectivity index is 0.943. The first-order valence-electron chi connectivity index (χ1n) is 34.8. The van der Waals surface area contributed by atoms with E-state index in [1.165, 1.54) is 70.6 Å². The Morgan fingerprint density at radius 1 is 0.273 bits per heavy atom. The fraction of sp³-hybridized carbons (Fsp3) is 0.256. The van der Waals surface area contributed by atoms with Crippen LogP contribution in [0, 0.1) is 10.8 Å². The molecule has 4 spiro atoms. The zero-order chi connectivity index (χ0) is 54.5. The number of rotatable bonds is 17. The minimum Gasteiger partial charge on any atom is -0.303 e. The Labute approximate surface area is 494 Å². The molecule has 0 bridgehead atoms. The van der Waals surface area contributed by atoms with Gasteiger partial charge in [-0.25, -0.2) is 0 Å². The lowest BCUT2D eigenvalue weighted by atomic mass is 9.66. The van der Waals surface area contributed by atoms with Crippen LogP contribution in [0.2, 0.25) is 0 Å². The lowest BCUT2D eigenvalue weighted by Crippen LogP contribution is -2.28. The van der Waals surface area contributed by atoms with E-state index in [2.05, 4.69) is 50.4 Å². The number of carbonyl (C=O) groups excluding carboxylic acids is 1. The number of hydrogen-bond donors (Lipinski definition) is 0. The highest BCUT2D eigenvalue weighted by Crippen LogP contribution is 3.02. The predicted octanol–water partition coefficient (Wildman–Crippen LogP) is 22.9. The summed E-state index contributed by atoms with van der Waals surface area (Å²) in [6, 6.07) is 11.2. The number of unbranched alkanes of at least 4 members (excludes halogenated alkanes) is 10. The van der Waals surface area contributed by atoms with Crippen LogP contribution in [-0.4, -0.2) is 12.5 Å². The van der Waals surface area contributed by atoms with Crippen LogP contribution >= 0.6 is 0 Å². The van der Waals surface area contributed by atoms with Crippen LogP contribution in [-0.2, 0) is 26.5 Å². The number of nitrogens with zero attached hydrogens (tertiary/aromatic N) is 1. The molecule has 0 radical (unpaired) electrons. The van der Waals surface area contributed by atoms with Gasteiger partial charge in [0.05, 0.1) is 21.9 Å². The van der Waals surface area contributed by atoms with Gasteiger partial charge < -0.3 is 4.79 Å².